The molecule has 0 aliphatic carbocycles. The summed E-state index contributed by atoms with van der Waals surface area (Å²) < 4.78 is 13.4. The van der Waals surface area contributed by atoms with Gasteiger partial charge in [0, 0.05) is 37.6 Å². The molecule has 8 heteroatoms. The van der Waals surface area contributed by atoms with Crippen molar-refractivity contribution < 1.29 is 14.0 Å². The maximum Gasteiger partial charge on any atom is 0.257 e. The molecular formula is C33H46FN5O2. The summed E-state index contributed by atoms with van der Waals surface area (Å²) in [6.07, 6.45) is 9.66. The molecule has 0 saturated carbocycles. The van der Waals surface area contributed by atoms with Crippen LogP contribution in [0.15, 0.2) is 30.6 Å². The second-order valence-electron chi connectivity index (χ2n) is 12.9. The lowest BCUT2D eigenvalue weighted by Gasteiger charge is -2.55. The van der Waals surface area contributed by atoms with E-state index in [1.165, 1.54) is 18.5 Å². The smallest absolute Gasteiger partial charge is 0.257 e. The Morgan fingerprint density at radius 2 is 1.56 bits per heavy atom. The summed E-state index contributed by atoms with van der Waals surface area (Å²) in [6, 6.07) is 6.55. The minimum Gasteiger partial charge on any atom is -0.338 e. The van der Waals surface area contributed by atoms with Gasteiger partial charge >= 0.3 is 0 Å². The summed E-state index contributed by atoms with van der Waals surface area (Å²) in [7, 11) is 0. The molecule has 3 fully saturated rings. The third kappa shape index (κ3) is 6.04. The van der Waals surface area contributed by atoms with E-state index < -0.39 is 0 Å². The molecule has 2 amide bonds. The highest BCUT2D eigenvalue weighted by atomic mass is 19.1. The molecule has 1 aromatic heterocycles. The summed E-state index contributed by atoms with van der Waals surface area (Å²) in [5, 5.41) is 0. The van der Waals surface area contributed by atoms with Gasteiger partial charge in [0.25, 0.3) is 5.91 Å². The fourth-order valence-electron chi connectivity index (χ4n) is 7.59. The van der Waals surface area contributed by atoms with Crippen LogP contribution < -0.4 is 0 Å². The molecule has 5 rings (SSSR count). The number of rotatable bonds is 7. The number of amides is 2. The van der Waals surface area contributed by atoms with Crippen LogP contribution in [0.25, 0.3) is 0 Å². The van der Waals surface area contributed by atoms with Crippen molar-refractivity contribution in [2.24, 2.45) is 11.3 Å². The second kappa shape index (κ2) is 12.2. The van der Waals surface area contributed by atoms with Gasteiger partial charge in [0.15, 0.2) is 0 Å². The quantitative estimate of drug-likeness (QED) is 0.442. The van der Waals surface area contributed by atoms with Crippen molar-refractivity contribution >= 4 is 11.8 Å². The molecule has 3 aliphatic heterocycles. The van der Waals surface area contributed by atoms with Crippen LogP contribution in [-0.2, 0) is 11.3 Å². The number of benzene rings is 1. The Balaban J connectivity index is 1.21. The Bertz CT molecular complexity index is 1210. The number of aryl methyl sites for hydroxylation is 2. The summed E-state index contributed by atoms with van der Waals surface area (Å²) in [4.78, 5) is 42.3. The van der Waals surface area contributed by atoms with Crippen LogP contribution in [0.4, 0.5) is 4.39 Å². The van der Waals surface area contributed by atoms with Gasteiger partial charge in [0.2, 0.25) is 5.91 Å². The number of hydrogen-bond acceptors (Lipinski definition) is 5. The fourth-order valence-corrected chi connectivity index (χ4v) is 7.59. The van der Waals surface area contributed by atoms with Crippen LogP contribution in [0.3, 0.4) is 0 Å². The number of nitrogens with zero attached hydrogens (tertiary/aromatic N) is 5. The third-order valence-corrected chi connectivity index (χ3v) is 10.5. The number of unbranched alkanes of at least 4 members (excludes halogenated alkanes) is 1. The largest absolute Gasteiger partial charge is 0.338 e. The number of aromatic nitrogens is 2. The number of hydrogen-bond donors (Lipinski definition) is 0. The minimum atomic E-state index is -0.243. The minimum absolute atomic E-state index is 0.0462. The average Bonchev–Trinajstić information content (AvgIpc) is 2.96. The van der Waals surface area contributed by atoms with Crippen molar-refractivity contribution in [2.75, 3.05) is 32.7 Å². The van der Waals surface area contributed by atoms with E-state index in [4.69, 9.17) is 0 Å². The van der Waals surface area contributed by atoms with Crippen molar-refractivity contribution in [3.63, 3.8) is 0 Å². The third-order valence-electron chi connectivity index (χ3n) is 10.5. The van der Waals surface area contributed by atoms with Crippen LogP contribution in [0.1, 0.15) is 92.5 Å². The topological polar surface area (TPSA) is 69.6 Å². The van der Waals surface area contributed by atoms with Gasteiger partial charge in [-0.05, 0) is 95.5 Å². The molecule has 0 bridgehead atoms. The van der Waals surface area contributed by atoms with Gasteiger partial charge in [0.1, 0.15) is 12.1 Å². The first-order valence-electron chi connectivity index (χ1n) is 15.5. The van der Waals surface area contributed by atoms with Crippen LogP contribution in [0.5, 0.6) is 0 Å². The van der Waals surface area contributed by atoms with Crippen LogP contribution in [-0.4, -0.2) is 74.7 Å². The van der Waals surface area contributed by atoms with Crippen molar-refractivity contribution in [3.05, 3.63) is 58.9 Å². The van der Waals surface area contributed by atoms with Crippen molar-refractivity contribution in [3.8, 4) is 0 Å². The van der Waals surface area contributed by atoms with Gasteiger partial charge in [-0.25, -0.2) is 14.4 Å². The zero-order valence-electron chi connectivity index (χ0n) is 25.3. The predicted molar refractivity (Wildman–Crippen MR) is 158 cm³/mol. The number of halogens is 1. The van der Waals surface area contributed by atoms with E-state index in [0.29, 0.717) is 12.1 Å². The molecule has 0 N–H and O–H groups in total. The molecule has 3 saturated heterocycles. The number of carbonyl (C=O) groups excluding carboxylic acids is 2. The maximum absolute atomic E-state index is 13.9. The van der Waals surface area contributed by atoms with E-state index in [0.717, 1.165) is 101 Å². The van der Waals surface area contributed by atoms with Crippen molar-refractivity contribution in [1.82, 2.24) is 24.7 Å². The first kappa shape index (κ1) is 29.6. The van der Waals surface area contributed by atoms with Crippen LogP contribution in [0, 0.1) is 31.0 Å². The molecule has 1 atom stereocenters. The van der Waals surface area contributed by atoms with Crippen molar-refractivity contribution in [1.29, 1.82) is 0 Å². The molecule has 1 unspecified atom stereocenters. The summed E-state index contributed by atoms with van der Waals surface area (Å²) in [5.74, 6) is 0.152. The first-order chi connectivity index (χ1) is 19.7. The van der Waals surface area contributed by atoms with Gasteiger partial charge in [-0.1, -0.05) is 31.9 Å². The van der Waals surface area contributed by atoms with E-state index in [2.05, 4.69) is 28.7 Å². The summed E-state index contributed by atoms with van der Waals surface area (Å²) >= 11 is 0. The van der Waals surface area contributed by atoms with Gasteiger partial charge in [-0.2, -0.15) is 0 Å². The fraction of sp³-hybridized carbons (Fsp3) is 0.636. The van der Waals surface area contributed by atoms with Crippen LogP contribution in [0.2, 0.25) is 0 Å². The second-order valence-corrected chi connectivity index (χ2v) is 12.9. The molecule has 1 spiro atoms. The van der Waals surface area contributed by atoms with E-state index in [-0.39, 0.29) is 34.5 Å². The van der Waals surface area contributed by atoms with Gasteiger partial charge in [-0.15, -0.1) is 0 Å². The van der Waals surface area contributed by atoms with Crippen molar-refractivity contribution in [2.45, 2.75) is 91.1 Å². The molecule has 41 heavy (non-hydrogen) atoms. The Morgan fingerprint density at radius 3 is 2.17 bits per heavy atom. The maximum atomic E-state index is 13.9. The summed E-state index contributed by atoms with van der Waals surface area (Å²) in [5.41, 5.74) is 3.24. The number of piperidine rings is 3. The normalized spacial score (nSPS) is 22.8. The van der Waals surface area contributed by atoms with Crippen LogP contribution >= 0.6 is 0 Å². The Morgan fingerprint density at radius 1 is 0.951 bits per heavy atom. The molecule has 222 valence electrons. The number of likely N-dealkylation sites (tertiary alicyclic amines) is 3. The molecule has 0 radical (unpaired) electrons. The lowest BCUT2D eigenvalue weighted by atomic mass is 9.62. The lowest BCUT2D eigenvalue weighted by Crippen LogP contribution is -2.60. The highest BCUT2D eigenvalue weighted by Crippen LogP contribution is 2.49. The average molecular weight is 564 g/mol. The van der Waals surface area contributed by atoms with E-state index in [1.54, 1.807) is 12.1 Å². The first-order valence-corrected chi connectivity index (χ1v) is 15.5. The van der Waals surface area contributed by atoms with E-state index in [1.807, 2.05) is 23.6 Å². The molecular weight excluding hydrogens is 517 g/mol. The van der Waals surface area contributed by atoms with E-state index in [9.17, 15) is 14.0 Å². The standard InChI is InChI=1S/C33H46FN5O2/c1-5-6-7-28-30(40)38(22-26-8-10-27(34)11-9-26)19-14-33(28)15-20-39(21-16-33)32(4)12-17-37(18-13-32)31(41)29-24(2)35-23-36-25(29)3/h8-11,23,28H,5-7,12-22H2,1-4H3. The highest BCUT2D eigenvalue weighted by molar-refractivity contribution is 5.96. The molecule has 3 aliphatic rings. The molecule has 2 aromatic rings. The number of carbonyl (C=O) groups is 2. The van der Waals surface area contributed by atoms with Gasteiger partial charge in [0.05, 0.1) is 17.0 Å². The Labute approximate surface area is 244 Å². The Kier molecular flexibility index (Phi) is 8.78. The predicted octanol–water partition coefficient (Wildman–Crippen LogP) is 5.55. The molecule has 4 heterocycles. The lowest BCUT2D eigenvalue weighted by molar-refractivity contribution is -0.152. The van der Waals surface area contributed by atoms with Gasteiger partial charge < -0.3 is 9.80 Å². The zero-order chi connectivity index (χ0) is 29.2. The van der Waals surface area contributed by atoms with Gasteiger partial charge in [-0.3, -0.25) is 14.5 Å². The molecule has 7 nitrogen and oxygen atoms in total. The zero-order valence-corrected chi connectivity index (χ0v) is 25.3. The monoisotopic (exact) mass is 563 g/mol. The summed E-state index contributed by atoms with van der Waals surface area (Å²) in [6.45, 7) is 13.1. The highest BCUT2D eigenvalue weighted by Gasteiger charge is 2.50. The molecule has 1 aromatic carbocycles. The van der Waals surface area contributed by atoms with E-state index >= 15 is 0 Å². The SMILES string of the molecule is CCCCC1C(=O)N(Cc2ccc(F)cc2)CCC12CCN(C1(C)CCN(C(=O)c3c(C)ncnc3C)CC1)CC2. The Hall–Kier alpha value is -2.87.